The van der Waals surface area contributed by atoms with Gasteiger partial charge < -0.3 is 20.0 Å². The van der Waals surface area contributed by atoms with Crippen molar-refractivity contribution in [3.8, 4) is 0 Å². The van der Waals surface area contributed by atoms with Crippen molar-refractivity contribution in [3.63, 3.8) is 0 Å². The molecule has 29 heavy (non-hydrogen) atoms. The van der Waals surface area contributed by atoms with Crippen molar-refractivity contribution in [1.82, 2.24) is 14.9 Å². The first-order chi connectivity index (χ1) is 14.1. The van der Waals surface area contributed by atoms with Gasteiger partial charge in [-0.25, -0.2) is 9.97 Å². The number of hydrogen-bond acceptors (Lipinski definition) is 6. The minimum atomic E-state index is 0.138. The molecule has 0 saturated carbocycles. The lowest BCUT2D eigenvalue weighted by molar-refractivity contribution is -0.129. The fourth-order valence-electron chi connectivity index (χ4n) is 4.08. The summed E-state index contributed by atoms with van der Waals surface area (Å²) >= 11 is 0. The second kappa shape index (κ2) is 8.68. The van der Waals surface area contributed by atoms with Gasteiger partial charge in [-0.2, -0.15) is 0 Å². The van der Waals surface area contributed by atoms with Gasteiger partial charge >= 0.3 is 0 Å². The predicted octanol–water partition coefficient (Wildman–Crippen LogP) is 3.19. The van der Waals surface area contributed by atoms with E-state index in [-0.39, 0.29) is 5.91 Å². The summed E-state index contributed by atoms with van der Waals surface area (Å²) in [5, 5.41) is 3.42. The molecule has 2 saturated heterocycles. The zero-order valence-electron chi connectivity index (χ0n) is 17.4. The molecule has 1 aromatic carbocycles. The number of anilines is 4. The Hall–Kier alpha value is -2.83. The molecule has 3 heterocycles. The van der Waals surface area contributed by atoms with Crippen LogP contribution in [-0.4, -0.2) is 60.0 Å². The lowest BCUT2D eigenvalue weighted by atomic mass is 10.1. The Bertz CT molecular complexity index is 839. The Kier molecular flexibility index (Phi) is 5.83. The van der Waals surface area contributed by atoms with Crippen molar-refractivity contribution >= 4 is 28.9 Å². The third kappa shape index (κ3) is 4.78. The Morgan fingerprint density at radius 3 is 2.24 bits per heavy atom. The first-order valence-corrected chi connectivity index (χ1v) is 10.6. The van der Waals surface area contributed by atoms with E-state index in [9.17, 15) is 4.79 Å². The number of nitrogens with one attached hydrogen (secondary N) is 1. The number of carbonyl (C=O) groups is 1. The first-order valence-electron chi connectivity index (χ1n) is 10.6. The van der Waals surface area contributed by atoms with Crippen LogP contribution in [0.4, 0.5) is 23.0 Å². The molecule has 2 aliphatic heterocycles. The zero-order valence-corrected chi connectivity index (χ0v) is 17.4. The third-order valence-electron chi connectivity index (χ3n) is 5.73. The van der Waals surface area contributed by atoms with Gasteiger partial charge in [0.1, 0.15) is 17.5 Å². The van der Waals surface area contributed by atoms with E-state index < -0.39 is 0 Å². The maximum atomic E-state index is 11.5. The smallest absolute Gasteiger partial charge is 0.219 e. The van der Waals surface area contributed by atoms with E-state index in [1.165, 1.54) is 24.9 Å². The molecule has 154 valence electrons. The standard InChI is InChI=1S/C22H30N6O/c1-17-23-21(16-22(24-17)28-14-12-26(13-15-28)18(2)29)25-19-6-8-20(9-7-19)27-10-4-3-5-11-27/h6-9,16H,3-5,10-15H2,1-2H3,(H,23,24,25). The van der Waals surface area contributed by atoms with Crippen LogP contribution in [0.15, 0.2) is 30.3 Å². The number of hydrogen-bond donors (Lipinski definition) is 1. The minimum Gasteiger partial charge on any atom is -0.372 e. The van der Waals surface area contributed by atoms with Crippen molar-refractivity contribution < 1.29 is 4.79 Å². The summed E-state index contributed by atoms with van der Waals surface area (Å²) in [6, 6.07) is 10.6. The van der Waals surface area contributed by atoms with Crippen LogP contribution in [-0.2, 0) is 4.79 Å². The second-order valence-electron chi connectivity index (χ2n) is 7.87. The van der Waals surface area contributed by atoms with Crippen molar-refractivity contribution in [3.05, 3.63) is 36.2 Å². The number of aryl methyl sites for hydroxylation is 1. The Labute approximate surface area is 172 Å². The average molecular weight is 395 g/mol. The highest BCUT2D eigenvalue weighted by Gasteiger charge is 2.20. The first kappa shape index (κ1) is 19.5. The summed E-state index contributed by atoms with van der Waals surface area (Å²) in [6.45, 7) is 8.90. The lowest BCUT2D eigenvalue weighted by Crippen LogP contribution is -2.48. The molecule has 0 bridgehead atoms. The van der Waals surface area contributed by atoms with Gasteiger partial charge in [0.15, 0.2) is 0 Å². The number of rotatable bonds is 4. The Balaban J connectivity index is 1.43. The lowest BCUT2D eigenvalue weighted by Gasteiger charge is -2.35. The molecule has 0 aliphatic carbocycles. The van der Waals surface area contributed by atoms with E-state index in [2.05, 4.69) is 49.4 Å². The van der Waals surface area contributed by atoms with Gasteiger partial charge in [-0.3, -0.25) is 4.79 Å². The highest BCUT2D eigenvalue weighted by atomic mass is 16.2. The van der Waals surface area contributed by atoms with E-state index in [1.807, 2.05) is 17.9 Å². The van der Waals surface area contributed by atoms with Crippen LogP contribution in [0.25, 0.3) is 0 Å². The number of piperidine rings is 1. The van der Waals surface area contributed by atoms with Gasteiger partial charge in [-0.05, 0) is 50.5 Å². The molecule has 0 radical (unpaired) electrons. The number of amides is 1. The quantitative estimate of drug-likeness (QED) is 0.859. The molecule has 2 aromatic rings. The van der Waals surface area contributed by atoms with Gasteiger partial charge in [0.05, 0.1) is 0 Å². The minimum absolute atomic E-state index is 0.138. The molecule has 0 atom stereocenters. The fourth-order valence-corrected chi connectivity index (χ4v) is 4.08. The molecule has 1 N–H and O–H groups in total. The summed E-state index contributed by atoms with van der Waals surface area (Å²) in [7, 11) is 0. The topological polar surface area (TPSA) is 64.6 Å². The van der Waals surface area contributed by atoms with Gasteiger partial charge in [-0.15, -0.1) is 0 Å². The molecular weight excluding hydrogens is 364 g/mol. The average Bonchev–Trinajstić information content (AvgIpc) is 2.74. The van der Waals surface area contributed by atoms with E-state index in [4.69, 9.17) is 0 Å². The molecule has 0 unspecified atom stereocenters. The van der Waals surface area contributed by atoms with Crippen LogP contribution in [0.5, 0.6) is 0 Å². The Morgan fingerprint density at radius 1 is 0.897 bits per heavy atom. The van der Waals surface area contributed by atoms with Crippen LogP contribution in [0, 0.1) is 6.92 Å². The van der Waals surface area contributed by atoms with Gasteiger partial charge in [0.25, 0.3) is 0 Å². The number of carbonyl (C=O) groups excluding carboxylic acids is 1. The number of aromatic nitrogens is 2. The number of piperazine rings is 1. The van der Waals surface area contributed by atoms with Crippen LogP contribution < -0.4 is 15.1 Å². The van der Waals surface area contributed by atoms with E-state index in [1.54, 1.807) is 6.92 Å². The molecule has 4 rings (SSSR count). The largest absolute Gasteiger partial charge is 0.372 e. The van der Waals surface area contributed by atoms with E-state index in [0.29, 0.717) is 0 Å². The van der Waals surface area contributed by atoms with Gasteiger partial charge in [0, 0.05) is 63.6 Å². The van der Waals surface area contributed by atoms with Gasteiger partial charge in [-0.1, -0.05) is 0 Å². The number of nitrogens with zero attached hydrogens (tertiary/aromatic N) is 5. The van der Waals surface area contributed by atoms with Crippen molar-refractivity contribution in [2.75, 3.05) is 54.4 Å². The van der Waals surface area contributed by atoms with Gasteiger partial charge in [0.2, 0.25) is 5.91 Å². The highest BCUT2D eigenvalue weighted by Crippen LogP contribution is 2.25. The molecule has 7 heteroatoms. The second-order valence-corrected chi connectivity index (χ2v) is 7.87. The Morgan fingerprint density at radius 2 is 1.59 bits per heavy atom. The molecule has 0 spiro atoms. The molecule has 7 nitrogen and oxygen atoms in total. The molecular formula is C22H30N6O. The number of benzene rings is 1. The summed E-state index contributed by atoms with van der Waals surface area (Å²) in [6.07, 6.45) is 3.91. The fraction of sp³-hybridized carbons (Fsp3) is 0.500. The van der Waals surface area contributed by atoms with E-state index in [0.717, 1.165) is 62.4 Å². The van der Waals surface area contributed by atoms with Crippen molar-refractivity contribution in [2.45, 2.75) is 33.1 Å². The maximum absolute atomic E-state index is 11.5. The predicted molar refractivity (Wildman–Crippen MR) is 117 cm³/mol. The highest BCUT2D eigenvalue weighted by molar-refractivity contribution is 5.73. The SMILES string of the molecule is CC(=O)N1CCN(c2cc(Nc3ccc(N4CCCCC4)cc3)nc(C)n2)CC1. The third-order valence-corrected chi connectivity index (χ3v) is 5.73. The summed E-state index contributed by atoms with van der Waals surface area (Å²) < 4.78 is 0. The van der Waals surface area contributed by atoms with Crippen LogP contribution in [0.2, 0.25) is 0 Å². The van der Waals surface area contributed by atoms with E-state index >= 15 is 0 Å². The van der Waals surface area contributed by atoms with Crippen molar-refractivity contribution in [1.29, 1.82) is 0 Å². The van der Waals surface area contributed by atoms with Crippen LogP contribution in [0.1, 0.15) is 32.0 Å². The normalized spacial score (nSPS) is 17.4. The summed E-state index contributed by atoms with van der Waals surface area (Å²) in [5.74, 6) is 2.59. The molecule has 2 aliphatic rings. The maximum Gasteiger partial charge on any atom is 0.219 e. The zero-order chi connectivity index (χ0) is 20.2. The van der Waals surface area contributed by atoms with Crippen LogP contribution in [0.3, 0.4) is 0 Å². The van der Waals surface area contributed by atoms with Crippen LogP contribution >= 0.6 is 0 Å². The van der Waals surface area contributed by atoms with Crippen molar-refractivity contribution in [2.24, 2.45) is 0 Å². The summed E-state index contributed by atoms with van der Waals surface area (Å²) in [4.78, 5) is 27.3. The molecule has 1 aromatic heterocycles. The summed E-state index contributed by atoms with van der Waals surface area (Å²) in [5.41, 5.74) is 2.31. The molecule has 1 amide bonds. The molecule has 2 fully saturated rings. The monoisotopic (exact) mass is 394 g/mol.